The maximum atomic E-state index is 5.19. The number of hydrazone groups is 1. The molecule has 0 saturated heterocycles. The highest BCUT2D eigenvalue weighted by Crippen LogP contribution is 2.40. The van der Waals surface area contributed by atoms with E-state index in [2.05, 4.69) is 74.3 Å². The first-order valence-corrected chi connectivity index (χ1v) is 10.8. The summed E-state index contributed by atoms with van der Waals surface area (Å²) in [6.45, 7) is 6.83. The van der Waals surface area contributed by atoms with Crippen molar-refractivity contribution in [3.8, 4) is 0 Å². The van der Waals surface area contributed by atoms with Gasteiger partial charge in [-0.15, -0.1) is 0 Å². The van der Waals surface area contributed by atoms with E-state index in [4.69, 9.17) is 10.1 Å². The van der Waals surface area contributed by atoms with Crippen molar-refractivity contribution in [2.24, 2.45) is 10.5 Å². The molecule has 0 saturated carbocycles. The van der Waals surface area contributed by atoms with Crippen LogP contribution in [0.2, 0.25) is 0 Å². The van der Waals surface area contributed by atoms with E-state index in [-0.39, 0.29) is 5.41 Å². The Bertz CT molecular complexity index is 1260. The molecule has 0 atom stereocenters. The summed E-state index contributed by atoms with van der Waals surface area (Å²) in [5, 5.41) is 9.60. The number of aromatic nitrogens is 2. The standard InChI is InChI=1S/C26H28N4/c1-5-19-23-18-13-9-10-14-20(18)28-25(23)24-21(27-19)15-26(2,3)16-22(24)29-30(4)17-11-7-6-8-12-17/h6-14,28H,5,15-16H2,1-4H3/b29-22-. The van der Waals surface area contributed by atoms with Gasteiger partial charge in [-0.3, -0.25) is 9.99 Å². The van der Waals surface area contributed by atoms with Crippen molar-refractivity contribution in [1.82, 2.24) is 9.97 Å². The molecule has 0 fully saturated rings. The lowest BCUT2D eigenvalue weighted by Crippen LogP contribution is -2.30. The quantitative estimate of drug-likeness (QED) is 0.426. The van der Waals surface area contributed by atoms with Crippen molar-refractivity contribution >= 4 is 33.2 Å². The maximum Gasteiger partial charge on any atom is 0.0726 e. The Morgan fingerprint density at radius 1 is 1.03 bits per heavy atom. The smallest absolute Gasteiger partial charge is 0.0726 e. The van der Waals surface area contributed by atoms with E-state index < -0.39 is 0 Å². The molecule has 30 heavy (non-hydrogen) atoms. The van der Waals surface area contributed by atoms with E-state index in [9.17, 15) is 0 Å². The number of pyridine rings is 1. The van der Waals surface area contributed by atoms with Crippen LogP contribution in [0.1, 0.15) is 44.1 Å². The number of H-pyrrole nitrogens is 1. The molecule has 0 unspecified atom stereocenters. The second-order valence-corrected chi connectivity index (χ2v) is 9.08. The molecule has 2 aromatic carbocycles. The molecule has 0 bridgehead atoms. The Labute approximate surface area is 177 Å². The van der Waals surface area contributed by atoms with Gasteiger partial charge >= 0.3 is 0 Å². The molecular weight excluding hydrogens is 368 g/mol. The Morgan fingerprint density at radius 3 is 2.53 bits per heavy atom. The first-order valence-electron chi connectivity index (χ1n) is 10.8. The summed E-state index contributed by atoms with van der Waals surface area (Å²) in [6.07, 6.45) is 2.81. The first kappa shape index (κ1) is 18.9. The van der Waals surface area contributed by atoms with Crippen molar-refractivity contribution in [2.75, 3.05) is 12.1 Å². The molecule has 0 aliphatic heterocycles. The Morgan fingerprint density at radius 2 is 1.77 bits per heavy atom. The molecule has 2 heterocycles. The number of nitrogens with zero attached hydrogens (tertiary/aromatic N) is 3. The van der Waals surface area contributed by atoms with E-state index >= 15 is 0 Å². The van der Waals surface area contributed by atoms with Gasteiger partial charge in [-0.2, -0.15) is 5.10 Å². The fourth-order valence-corrected chi connectivity index (χ4v) is 4.77. The summed E-state index contributed by atoms with van der Waals surface area (Å²) >= 11 is 0. The number of hydrogen-bond acceptors (Lipinski definition) is 3. The van der Waals surface area contributed by atoms with Gasteiger partial charge in [0.1, 0.15) is 0 Å². The van der Waals surface area contributed by atoms with Crippen LogP contribution in [0.5, 0.6) is 0 Å². The molecular formula is C26H28N4. The summed E-state index contributed by atoms with van der Waals surface area (Å²) in [5.41, 5.74) is 8.21. The van der Waals surface area contributed by atoms with Crippen LogP contribution in [0.25, 0.3) is 21.8 Å². The lowest BCUT2D eigenvalue weighted by atomic mass is 9.74. The van der Waals surface area contributed by atoms with Crippen LogP contribution in [0.4, 0.5) is 5.69 Å². The minimum absolute atomic E-state index is 0.126. The summed E-state index contributed by atoms with van der Waals surface area (Å²) in [5.74, 6) is 0. The van der Waals surface area contributed by atoms with Gasteiger partial charge in [0, 0.05) is 28.9 Å². The average Bonchev–Trinajstić information content (AvgIpc) is 3.12. The van der Waals surface area contributed by atoms with Gasteiger partial charge in [-0.1, -0.05) is 57.2 Å². The monoisotopic (exact) mass is 396 g/mol. The van der Waals surface area contributed by atoms with Crippen molar-refractivity contribution < 1.29 is 0 Å². The molecule has 4 nitrogen and oxygen atoms in total. The summed E-state index contributed by atoms with van der Waals surface area (Å²) in [7, 11) is 2.03. The van der Waals surface area contributed by atoms with Gasteiger partial charge in [0.2, 0.25) is 0 Å². The van der Waals surface area contributed by atoms with Crippen LogP contribution in [0.15, 0.2) is 59.7 Å². The molecule has 0 radical (unpaired) electrons. The number of nitrogens with one attached hydrogen (secondary N) is 1. The number of anilines is 1. The fourth-order valence-electron chi connectivity index (χ4n) is 4.77. The third kappa shape index (κ3) is 3.07. The van der Waals surface area contributed by atoms with E-state index in [0.29, 0.717) is 0 Å². The van der Waals surface area contributed by atoms with E-state index in [1.807, 2.05) is 18.1 Å². The zero-order valence-electron chi connectivity index (χ0n) is 18.2. The Balaban J connectivity index is 1.79. The largest absolute Gasteiger partial charge is 0.354 e. The Kier molecular flexibility index (Phi) is 4.39. The van der Waals surface area contributed by atoms with Crippen molar-refractivity contribution in [3.05, 3.63) is 71.5 Å². The highest BCUT2D eigenvalue weighted by atomic mass is 15.4. The predicted molar refractivity (Wildman–Crippen MR) is 126 cm³/mol. The lowest BCUT2D eigenvalue weighted by molar-refractivity contribution is 0.367. The van der Waals surface area contributed by atoms with E-state index in [1.165, 1.54) is 33.2 Å². The van der Waals surface area contributed by atoms with Crippen LogP contribution in [0, 0.1) is 5.41 Å². The average molecular weight is 397 g/mol. The molecule has 0 spiro atoms. The Hall–Kier alpha value is -3.14. The summed E-state index contributed by atoms with van der Waals surface area (Å²) < 4.78 is 0. The minimum atomic E-state index is 0.126. The van der Waals surface area contributed by atoms with Crippen LogP contribution in [0.3, 0.4) is 0 Å². The first-order chi connectivity index (χ1) is 14.5. The number of hydrogen-bond donors (Lipinski definition) is 1. The van der Waals surface area contributed by atoms with Crippen LogP contribution in [-0.2, 0) is 12.8 Å². The van der Waals surface area contributed by atoms with Crippen LogP contribution >= 0.6 is 0 Å². The van der Waals surface area contributed by atoms with Gasteiger partial charge in [0.05, 0.1) is 28.3 Å². The highest BCUT2D eigenvalue weighted by Gasteiger charge is 2.34. The zero-order chi connectivity index (χ0) is 20.9. The zero-order valence-corrected chi connectivity index (χ0v) is 18.2. The second kappa shape index (κ2) is 6.98. The molecule has 1 aliphatic carbocycles. The minimum Gasteiger partial charge on any atom is -0.354 e. The van der Waals surface area contributed by atoms with E-state index in [1.54, 1.807) is 0 Å². The van der Waals surface area contributed by atoms with Crippen molar-refractivity contribution in [3.63, 3.8) is 0 Å². The van der Waals surface area contributed by atoms with Crippen molar-refractivity contribution in [2.45, 2.75) is 40.0 Å². The van der Waals surface area contributed by atoms with Crippen LogP contribution < -0.4 is 5.01 Å². The van der Waals surface area contributed by atoms with Gasteiger partial charge in [-0.05, 0) is 42.9 Å². The second-order valence-electron chi connectivity index (χ2n) is 9.08. The summed E-state index contributed by atoms with van der Waals surface area (Å²) in [6, 6.07) is 18.9. The maximum absolute atomic E-state index is 5.19. The molecule has 4 aromatic rings. The molecule has 5 rings (SSSR count). The van der Waals surface area contributed by atoms with Crippen LogP contribution in [-0.4, -0.2) is 22.7 Å². The molecule has 0 amide bonds. The predicted octanol–water partition coefficient (Wildman–Crippen LogP) is 6.09. The van der Waals surface area contributed by atoms with Gasteiger partial charge in [0.25, 0.3) is 0 Å². The van der Waals surface area contributed by atoms with Gasteiger partial charge in [-0.25, -0.2) is 0 Å². The fraction of sp³-hybridized carbons (Fsp3) is 0.308. The number of para-hydroxylation sites is 2. The van der Waals surface area contributed by atoms with Gasteiger partial charge < -0.3 is 4.98 Å². The number of aryl methyl sites for hydroxylation is 1. The molecule has 4 heteroatoms. The molecule has 1 aliphatic rings. The topological polar surface area (TPSA) is 44.3 Å². The third-order valence-corrected chi connectivity index (χ3v) is 6.12. The lowest BCUT2D eigenvalue weighted by Gasteiger charge is -2.33. The number of fused-ring (bicyclic) bond motifs is 5. The van der Waals surface area contributed by atoms with Crippen molar-refractivity contribution in [1.29, 1.82) is 0 Å². The highest BCUT2D eigenvalue weighted by molar-refractivity contribution is 6.18. The number of aromatic amines is 1. The summed E-state index contributed by atoms with van der Waals surface area (Å²) in [4.78, 5) is 8.90. The van der Waals surface area contributed by atoms with Gasteiger partial charge in [0.15, 0.2) is 0 Å². The number of rotatable bonds is 3. The SMILES string of the molecule is CCc1nc2c(c3[nH]c4ccccc4c13)/C(=N\N(C)c1ccccc1)CC(C)(C)C2. The molecule has 2 aromatic heterocycles. The number of benzene rings is 2. The van der Waals surface area contributed by atoms with E-state index in [0.717, 1.165) is 36.2 Å². The third-order valence-electron chi connectivity index (χ3n) is 6.12. The normalized spacial score (nSPS) is 16.9. The molecule has 1 N–H and O–H groups in total. The molecule has 152 valence electrons.